The Morgan fingerprint density at radius 3 is 2.68 bits per heavy atom. The first-order valence-electron chi connectivity index (χ1n) is 6.23. The second-order valence-corrected chi connectivity index (χ2v) is 5.68. The first-order valence-corrected chi connectivity index (χ1v) is 7.04. The molecule has 0 atom stereocenters. The molecule has 0 aliphatic rings. The number of rotatable bonds is 4. The molecule has 2 rings (SSSR count). The fourth-order valence-electron chi connectivity index (χ4n) is 1.82. The van der Waals surface area contributed by atoms with Gasteiger partial charge in [0, 0.05) is 12.5 Å². The maximum Gasteiger partial charge on any atom is 0.171 e. The number of benzene rings is 1. The van der Waals surface area contributed by atoms with Gasteiger partial charge in [-0.1, -0.05) is 12.1 Å². The average molecular weight is 275 g/mol. The van der Waals surface area contributed by atoms with Gasteiger partial charge in [-0.3, -0.25) is 4.79 Å². The van der Waals surface area contributed by atoms with Gasteiger partial charge in [-0.15, -0.1) is 11.3 Å². The average Bonchev–Trinajstić information content (AvgIpc) is 2.71. The van der Waals surface area contributed by atoms with Crippen molar-refractivity contribution in [3.63, 3.8) is 0 Å². The summed E-state index contributed by atoms with van der Waals surface area (Å²) in [6, 6.07) is 7.81. The van der Waals surface area contributed by atoms with E-state index in [1.54, 1.807) is 6.92 Å². The van der Waals surface area contributed by atoms with Crippen LogP contribution in [0.3, 0.4) is 0 Å². The van der Waals surface area contributed by atoms with Crippen LogP contribution in [0.5, 0.6) is 5.75 Å². The van der Waals surface area contributed by atoms with Crippen LogP contribution in [-0.4, -0.2) is 16.9 Å². The van der Waals surface area contributed by atoms with Gasteiger partial charge in [-0.05, 0) is 32.9 Å². The summed E-state index contributed by atoms with van der Waals surface area (Å²) in [5, 5.41) is 0.858. The Bertz CT molecular complexity index is 602. The summed E-state index contributed by atoms with van der Waals surface area (Å²) in [6.45, 7) is 7.43. The Labute approximate surface area is 117 Å². The number of aromatic nitrogens is 1. The number of ether oxygens (including phenoxy) is 1. The highest BCUT2D eigenvalue weighted by Gasteiger charge is 2.13. The predicted octanol–water partition coefficient (Wildman–Crippen LogP) is 4.11. The topological polar surface area (TPSA) is 39.2 Å². The first-order chi connectivity index (χ1) is 8.97. The van der Waals surface area contributed by atoms with Gasteiger partial charge in [0.05, 0.1) is 16.7 Å². The van der Waals surface area contributed by atoms with E-state index in [2.05, 4.69) is 4.98 Å². The number of thiazole rings is 1. The number of hydrogen-bond donors (Lipinski definition) is 0. The highest BCUT2D eigenvalue weighted by Crippen LogP contribution is 2.30. The summed E-state index contributed by atoms with van der Waals surface area (Å²) >= 11 is 1.43. The molecule has 0 N–H and O–H groups in total. The van der Waals surface area contributed by atoms with Gasteiger partial charge >= 0.3 is 0 Å². The van der Waals surface area contributed by atoms with Crippen molar-refractivity contribution in [1.29, 1.82) is 0 Å². The lowest BCUT2D eigenvalue weighted by atomic mass is 10.2. The molecule has 0 amide bonds. The molecule has 0 spiro atoms. The lowest BCUT2D eigenvalue weighted by molar-refractivity contribution is 0.102. The van der Waals surface area contributed by atoms with Crippen molar-refractivity contribution in [1.82, 2.24) is 4.98 Å². The number of ketones is 1. The van der Waals surface area contributed by atoms with E-state index >= 15 is 0 Å². The molecule has 3 nitrogen and oxygen atoms in total. The number of hydrogen-bond acceptors (Lipinski definition) is 4. The Morgan fingerprint density at radius 1 is 1.37 bits per heavy atom. The molecule has 1 aromatic carbocycles. The summed E-state index contributed by atoms with van der Waals surface area (Å²) in [5.41, 5.74) is 1.78. The summed E-state index contributed by atoms with van der Waals surface area (Å²) < 4.78 is 5.67. The minimum atomic E-state index is 0.0656. The maximum atomic E-state index is 11.5. The van der Waals surface area contributed by atoms with E-state index < -0.39 is 0 Å². The van der Waals surface area contributed by atoms with Gasteiger partial charge in [0.1, 0.15) is 10.8 Å². The molecule has 100 valence electrons. The van der Waals surface area contributed by atoms with Gasteiger partial charge in [0.15, 0.2) is 5.78 Å². The molecule has 0 unspecified atom stereocenters. The van der Waals surface area contributed by atoms with Crippen molar-refractivity contribution in [2.45, 2.75) is 33.8 Å². The monoisotopic (exact) mass is 275 g/mol. The van der Waals surface area contributed by atoms with Crippen LogP contribution in [-0.2, 0) is 0 Å². The lowest BCUT2D eigenvalue weighted by Gasteiger charge is -2.09. The van der Waals surface area contributed by atoms with E-state index in [1.807, 2.05) is 45.0 Å². The molecule has 0 aliphatic heterocycles. The minimum Gasteiger partial charge on any atom is -0.491 e. The van der Waals surface area contributed by atoms with Gasteiger partial charge in [-0.25, -0.2) is 4.98 Å². The second-order valence-electron chi connectivity index (χ2n) is 4.68. The van der Waals surface area contributed by atoms with Crippen molar-refractivity contribution in [3.05, 3.63) is 34.8 Å². The molecule has 4 heteroatoms. The van der Waals surface area contributed by atoms with Crippen LogP contribution in [0.2, 0.25) is 0 Å². The van der Waals surface area contributed by atoms with Crippen LogP contribution in [0.25, 0.3) is 10.6 Å². The fourth-order valence-corrected chi connectivity index (χ4v) is 2.78. The highest BCUT2D eigenvalue weighted by molar-refractivity contribution is 7.17. The zero-order valence-electron chi connectivity index (χ0n) is 11.6. The quantitative estimate of drug-likeness (QED) is 0.788. The van der Waals surface area contributed by atoms with Crippen LogP contribution in [0, 0.1) is 6.92 Å². The molecule has 0 saturated carbocycles. The van der Waals surface area contributed by atoms with Gasteiger partial charge in [0.2, 0.25) is 0 Å². The second kappa shape index (κ2) is 5.53. The van der Waals surface area contributed by atoms with Crippen molar-refractivity contribution in [3.8, 4) is 16.3 Å². The Morgan fingerprint density at radius 2 is 2.11 bits per heavy atom. The highest BCUT2D eigenvalue weighted by atomic mass is 32.1. The number of nitrogens with zero attached hydrogens (tertiary/aromatic N) is 1. The molecule has 0 fully saturated rings. The standard InChI is InChI=1S/C15H17NO2S/c1-9(2)18-13-7-5-6-12(8-13)15-16-10(3)14(19-15)11(4)17/h5-9H,1-4H3. The van der Waals surface area contributed by atoms with Gasteiger partial charge in [-0.2, -0.15) is 0 Å². The zero-order chi connectivity index (χ0) is 14.0. The number of carbonyl (C=O) groups is 1. The van der Waals surface area contributed by atoms with E-state index in [1.165, 1.54) is 11.3 Å². The minimum absolute atomic E-state index is 0.0656. The van der Waals surface area contributed by atoms with Crippen LogP contribution in [0.1, 0.15) is 36.1 Å². The summed E-state index contributed by atoms with van der Waals surface area (Å²) in [7, 11) is 0. The van der Waals surface area contributed by atoms with Crippen molar-refractivity contribution in [2.24, 2.45) is 0 Å². The van der Waals surface area contributed by atoms with Crippen LogP contribution in [0.15, 0.2) is 24.3 Å². The molecule has 1 heterocycles. The molecule has 19 heavy (non-hydrogen) atoms. The number of Topliss-reactive ketones (excluding diaryl/α,β-unsaturated/α-hetero) is 1. The summed E-state index contributed by atoms with van der Waals surface area (Å²) in [4.78, 5) is 16.7. The van der Waals surface area contributed by atoms with E-state index in [-0.39, 0.29) is 11.9 Å². The van der Waals surface area contributed by atoms with Gasteiger partial charge in [0.25, 0.3) is 0 Å². The van der Waals surface area contributed by atoms with Crippen molar-refractivity contribution in [2.75, 3.05) is 0 Å². The Hall–Kier alpha value is -1.68. The molecule has 0 aliphatic carbocycles. The number of aryl methyl sites for hydroxylation is 1. The lowest BCUT2D eigenvalue weighted by Crippen LogP contribution is -2.05. The van der Waals surface area contributed by atoms with Crippen molar-refractivity contribution >= 4 is 17.1 Å². The molecular formula is C15H17NO2S. The van der Waals surface area contributed by atoms with E-state index in [9.17, 15) is 4.79 Å². The van der Waals surface area contributed by atoms with Crippen LogP contribution in [0.4, 0.5) is 0 Å². The van der Waals surface area contributed by atoms with Crippen LogP contribution < -0.4 is 4.74 Å². The molecule has 0 radical (unpaired) electrons. The summed E-state index contributed by atoms with van der Waals surface area (Å²) in [5.74, 6) is 0.889. The van der Waals surface area contributed by atoms with Gasteiger partial charge < -0.3 is 4.74 Å². The van der Waals surface area contributed by atoms with Crippen molar-refractivity contribution < 1.29 is 9.53 Å². The smallest absolute Gasteiger partial charge is 0.171 e. The van der Waals surface area contributed by atoms with E-state index in [0.29, 0.717) is 0 Å². The largest absolute Gasteiger partial charge is 0.491 e. The third-order valence-electron chi connectivity index (χ3n) is 2.57. The predicted molar refractivity (Wildman–Crippen MR) is 78.1 cm³/mol. The summed E-state index contributed by atoms with van der Waals surface area (Å²) in [6.07, 6.45) is 0.140. The molecule has 0 bridgehead atoms. The third-order valence-corrected chi connectivity index (χ3v) is 3.88. The molecular weight excluding hydrogens is 258 g/mol. The first kappa shape index (κ1) is 13.7. The Kier molecular flexibility index (Phi) is 4.00. The molecule has 2 aromatic rings. The van der Waals surface area contributed by atoms with Crippen LogP contribution >= 0.6 is 11.3 Å². The fraction of sp³-hybridized carbons (Fsp3) is 0.333. The SMILES string of the molecule is CC(=O)c1sc(-c2cccc(OC(C)C)c2)nc1C. The Balaban J connectivity index is 2.36. The molecule has 1 aromatic heterocycles. The number of carbonyl (C=O) groups excluding carboxylic acids is 1. The third kappa shape index (κ3) is 3.20. The van der Waals surface area contributed by atoms with E-state index in [4.69, 9.17) is 4.74 Å². The molecule has 0 saturated heterocycles. The van der Waals surface area contributed by atoms with E-state index in [0.717, 1.165) is 26.9 Å². The zero-order valence-corrected chi connectivity index (χ0v) is 12.4. The maximum absolute atomic E-state index is 11.5. The normalized spacial score (nSPS) is 10.8.